The smallest absolute Gasteiger partial charge is 0.328 e. The third-order valence-electron chi connectivity index (χ3n) is 9.31. The molecule has 3 aromatic rings. The molecule has 46 heavy (non-hydrogen) atoms. The number of ether oxygens (including phenoxy) is 1. The van der Waals surface area contributed by atoms with Crippen molar-refractivity contribution in [2.24, 2.45) is 11.7 Å². The molecule has 248 valence electrons. The summed E-state index contributed by atoms with van der Waals surface area (Å²) in [6, 6.07) is 20.5. The number of nitrogens with two attached hydrogens (primary N) is 1. The van der Waals surface area contributed by atoms with Crippen molar-refractivity contribution >= 4 is 41.9 Å². The van der Waals surface area contributed by atoms with Crippen LogP contribution in [0.4, 0.5) is 0 Å². The van der Waals surface area contributed by atoms with Gasteiger partial charge in [0.05, 0.1) is 11.7 Å². The van der Waals surface area contributed by atoms with Crippen LogP contribution in [-0.4, -0.2) is 67.5 Å². The van der Waals surface area contributed by atoms with Crippen LogP contribution in [0.25, 0.3) is 0 Å². The highest BCUT2D eigenvalue weighted by molar-refractivity contribution is 7.13. The molecule has 5 rings (SSSR count). The molecule has 3 N–H and O–H groups in total. The Morgan fingerprint density at radius 2 is 1.65 bits per heavy atom. The number of hydrogen-bond acceptors (Lipinski definition) is 8. The first-order chi connectivity index (χ1) is 21.6. The van der Waals surface area contributed by atoms with Gasteiger partial charge >= 0.3 is 5.97 Å². The summed E-state index contributed by atoms with van der Waals surface area (Å²) in [5.74, 6) is -0.708. The number of amides is 1. The third kappa shape index (κ3) is 7.16. The molecule has 0 radical (unpaired) electrons. The predicted molar refractivity (Wildman–Crippen MR) is 187 cm³/mol. The molecule has 1 amide bonds. The topological polar surface area (TPSA) is 107 Å². The summed E-state index contributed by atoms with van der Waals surface area (Å²) in [5.41, 5.74) is 5.86. The number of rotatable bonds is 8. The van der Waals surface area contributed by atoms with Crippen molar-refractivity contribution in [3.63, 3.8) is 0 Å². The number of carbonyl (C=O) groups excluding carboxylic acids is 2. The van der Waals surface area contributed by atoms with Crippen LogP contribution < -0.4 is 21.4 Å². The summed E-state index contributed by atoms with van der Waals surface area (Å²) in [5, 5.41) is 5.85. The third-order valence-corrected chi connectivity index (χ3v) is 15.4. The van der Waals surface area contributed by atoms with Gasteiger partial charge in [-0.3, -0.25) is 4.79 Å². The van der Waals surface area contributed by atoms with E-state index >= 15 is 0 Å². The second-order valence-corrected chi connectivity index (χ2v) is 20.4. The molecule has 0 saturated heterocycles. The molecule has 0 spiro atoms. The summed E-state index contributed by atoms with van der Waals surface area (Å²) >= 11 is 1.43. The van der Waals surface area contributed by atoms with E-state index < -0.39 is 31.5 Å². The van der Waals surface area contributed by atoms with Crippen molar-refractivity contribution < 1.29 is 18.8 Å². The van der Waals surface area contributed by atoms with Gasteiger partial charge in [0.2, 0.25) is 0 Å². The van der Waals surface area contributed by atoms with Gasteiger partial charge in [-0.25, -0.2) is 9.78 Å². The quantitative estimate of drug-likeness (QED) is 0.267. The first kappa shape index (κ1) is 34.4. The van der Waals surface area contributed by atoms with E-state index in [4.69, 9.17) is 14.9 Å². The SMILES string of the molecule is CN1CCc2nc(C(=O)NC3CC(CO[Si](c4ccccc4)(c4ccccc4)C(C)(C)C)CCC3(N)C(=O)OC(C)(C)C)sc2C1. The molecular weight excluding hydrogens is 613 g/mol. The first-order valence-corrected chi connectivity index (χ1v) is 19.1. The van der Waals surface area contributed by atoms with E-state index in [0.717, 1.165) is 30.1 Å². The van der Waals surface area contributed by atoms with Crippen molar-refractivity contribution in [1.29, 1.82) is 0 Å². The Hall–Kier alpha value is -2.89. The van der Waals surface area contributed by atoms with Gasteiger partial charge in [-0.05, 0) is 68.4 Å². The fourth-order valence-corrected chi connectivity index (χ4v) is 12.6. The van der Waals surface area contributed by atoms with Crippen molar-refractivity contribution in [2.75, 3.05) is 20.2 Å². The molecule has 2 heterocycles. The van der Waals surface area contributed by atoms with E-state index in [1.54, 1.807) is 0 Å². The minimum atomic E-state index is -2.76. The van der Waals surface area contributed by atoms with Gasteiger partial charge < -0.3 is 25.1 Å². The van der Waals surface area contributed by atoms with Crippen LogP contribution in [0.5, 0.6) is 0 Å². The molecule has 1 aromatic heterocycles. The Morgan fingerprint density at radius 3 is 2.22 bits per heavy atom. The molecule has 1 aliphatic carbocycles. The highest BCUT2D eigenvalue weighted by Gasteiger charge is 2.53. The average molecular weight is 663 g/mol. The molecule has 10 heteroatoms. The van der Waals surface area contributed by atoms with E-state index in [9.17, 15) is 9.59 Å². The Kier molecular flexibility index (Phi) is 9.97. The second kappa shape index (κ2) is 13.3. The number of carbonyl (C=O) groups is 2. The van der Waals surface area contributed by atoms with Crippen molar-refractivity contribution in [3.05, 3.63) is 76.2 Å². The van der Waals surface area contributed by atoms with Crippen LogP contribution in [0.1, 0.15) is 81.2 Å². The molecule has 8 nitrogen and oxygen atoms in total. The minimum Gasteiger partial charge on any atom is -0.459 e. The fourth-order valence-electron chi connectivity index (χ4n) is 6.88. The Morgan fingerprint density at radius 1 is 1.04 bits per heavy atom. The number of fused-ring (bicyclic) bond motifs is 1. The minimum absolute atomic E-state index is 0.0733. The maximum absolute atomic E-state index is 13.7. The Labute approximate surface area is 279 Å². The highest BCUT2D eigenvalue weighted by atomic mass is 32.1. The summed E-state index contributed by atoms with van der Waals surface area (Å²) in [6.07, 6.45) is 2.37. The van der Waals surface area contributed by atoms with E-state index in [1.165, 1.54) is 21.7 Å². The molecule has 0 bridgehead atoms. The number of likely N-dealkylation sites (N-methyl/N-ethyl adjacent to an activating group) is 1. The van der Waals surface area contributed by atoms with Gasteiger partial charge in [-0.2, -0.15) is 0 Å². The van der Waals surface area contributed by atoms with Gasteiger partial charge in [0, 0.05) is 31.0 Å². The van der Waals surface area contributed by atoms with Gasteiger partial charge in [0.15, 0.2) is 5.01 Å². The summed E-state index contributed by atoms with van der Waals surface area (Å²) in [6.45, 7) is 14.5. The van der Waals surface area contributed by atoms with Crippen molar-refractivity contribution in [3.8, 4) is 0 Å². The molecule has 2 aliphatic rings. The fraction of sp³-hybridized carbons (Fsp3) is 0.528. The summed E-state index contributed by atoms with van der Waals surface area (Å²) in [4.78, 5) is 35.4. The van der Waals surface area contributed by atoms with E-state index in [0.29, 0.717) is 30.9 Å². The van der Waals surface area contributed by atoms with Gasteiger partial charge in [-0.15, -0.1) is 11.3 Å². The lowest BCUT2D eigenvalue weighted by Gasteiger charge is -2.46. The van der Waals surface area contributed by atoms with Crippen LogP contribution in [-0.2, 0) is 26.9 Å². The Bertz CT molecular complexity index is 1480. The monoisotopic (exact) mass is 662 g/mol. The zero-order valence-corrected chi connectivity index (χ0v) is 30.2. The maximum Gasteiger partial charge on any atom is 0.328 e. The summed E-state index contributed by atoms with van der Waals surface area (Å²) in [7, 11) is -0.691. The lowest BCUT2D eigenvalue weighted by atomic mass is 9.73. The molecule has 3 atom stereocenters. The lowest BCUT2D eigenvalue weighted by molar-refractivity contribution is -0.164. The number of aromatic nitrogens is 1. The molecule has 2 aromatic carbocycles. The normalized spacial score (nSPS) is 22.6. The number of nitrogens with zero attached hydrogens (tertiary/aromatic N) is 2. The molecule has 1 aliphatic heterocycles. The highest BCUT2D eigenvalue weighted by Crippen LogP contribution is 2.39. The van der Waals surface area contributed by atoms with Crippen molar-refractivity contribution in [2.45, 2.75) is 96.0 Å². The largest absolute Gasteiger partial charge is 0.459 e. The number of hydrogen-bond donors (Lipinski definition) is 2. The molecule has 1 saturated carbocycles. The Balaban J connectivity index is 1.43. The van der Waals surface area contributed by atoms with Gasteiger partial charge in [0.1, 0.15) is 11.1 Å². The number of nitrogens with one attached hydrogen (secondary N) is 1. The van der Waals surface area contributed by atoms with E-state index in [1.807, 2.05) is 32.9 Å². The maximum atomic E-state index is 13.7. The van der Waals surface area contributed by atoms with Crippen molar-refractivity contribution in [1.82, 2.24) is 15.2 Å². The average Bonchev–Trinajstić information content (AvgIpc) is 3.42. The van der Waals surface area contributed by atoms with Crippen LogP contribution in [0, 0.1) is 5.92 Å². The summed E-state index contributed by atoms with van der Waals surface area (Å²) < 4.78 is 13.1. The molecule has 3 unspecified atom stereocenters. The van der Waals surface area contributed by atoms with Crippen LogP contribution in [0.2, 0.25) is 5.04 Å². The zero-order valence-electron chi connectivity index (χ0n) is 28.4. The number of thiazole rings is 1. The standard InChI is InChI=1S/C36H50N4O4SSi/c1-34(2,3)44-33(42)36(37)20-18-25(22-30(36)39-31(41)32-38-28-19-21-40(7)23-29(28)45-32)24-43-46(35(4,5)6,26-14-10-8-11-15-26)27-16-12-9-13-17-27/h8-17,25,30H,18-24,37H2,1-7H3,(H,39,41). The first-order valence-electron chi connectivity index (χ1n) is 16.4. The predicted octanol–water partition coefficient (Wildman–Crippen LogP) is 4.65. The van der Waals surface area contributed by atoms with E-state index in [2.05, 4.69) is 91.6 Å². The van der Waals surface area contributed by atoms with Gasteiger partial charge in [-0.1, -0.05) is 81.4 Å². The van der Waals surface area contributed by atoms with Crippen LogP contribution in [0.15, 0.2) is 60.7 Å². The second-order valence-electron chi connectivity index (χ2n) is 15.1. The number of esters is 1. The van der Waals surface area contributed by atoms with Crippen LogP contribution in [0.3, 0.4) is 0 Å². The zero-order chi connectivity index (χ0) is 33.3. The molecular formula is C36H50N4O4SSi. The van der Waals surface area contributed by atoms with E-state index in [-0.39, 0.29) is 16.9 Å². The number of benzene rings is 2. The molecule has 1 fully saturated rings. The lowest BCUT2D eigenvalue weighted by Crippen LogP contribution is -2.68. The van der Waals surface area contributed by atoms with Gasteiger partial charge in [0.25, 0.3) is 14.2 Å². The van der Waals surface area contributed by atoms with Crippen LogP contribution >= 0.6 is 11.3 Å².